The number of anilines is 3. The third kappa shape index (κ3) is 4.85. The van der Waals surface area contributed by atoms with Gasteiger partial charge in [-0.1, -0.05) is 164 Å². The third-order valence-electron chi connectivity index (χ3n) is 12.3. The Hall–Kier alpha value is -7.42. The van der Waals surface area contributed by atoms with Gasteiger partial charge >= 0.3 is 0 Å². The summed E-state index contributed by atoms with van der Waals surface area (Å²) < 4.78 is 2.40. The number of para-hydroxylation sites is 2. The lowest BCUT2D eigenvalue weighted by atomic mass is 9.70. The van der Waals surface area contributed by atoms with E-state index < -0.39 is 5.41 Å². The molecule has 2 heteroatoms. The standard InChI is InChI=1S/C56H40N2/c1-3-17-44-45-22-11-14-25-51(45)56(50(44)4-2)52-26-15-12-23-46(52)47-34-32-42(36-53(47)56)57(41-30-28-39(29-31-41)38-18-7-5-8-19-38)43-33-35-49-48-24-13-16-27-54(48)58(55(49)37-43)40-20-9-6-10-21-40/h3-37H,1H2,2H3/b44-17-,50-4+. The summed E-state index contributed by atoms with van der Waals surface area (Å²) in [6.45, 7) is 6.33. The predicted molar refractivity (Wildman–Crippen MR) is 245 cm³/mol. The number of hydrogen-bond donors (Lipinski definition) is 0. The molecule has 0 saturated carbocycles. The smallest absolute Gasteiger partial charge is 0.0723 e. The minimum atomic E-state index is -0.478. The van der Waals surface area contributed by atoms with Crippen LogP contribution in [0.4, 0.5) is 17.1 Å². The molecule has 11 rings (SSSR count). The highest BCUT2D eigenvalue weighted by Crippen LogP contribution is 2.64. The van der Waals surface area contributed by atoms with E-state index in [1.54, 1.807) is 0 Å². The lowest BCUT2D eigenvalue weighted by Crippen LogP contribution is -2.26. The van der Waals surface area contributed by atoms with E-state index >= 15 is 0 Å². The molecule has 0 N–H and O–H groups in total. The van der Waals surface area contributed by atoms with Crippen molar-refractivity contribution in [3.63, 3.8) is 0 Å². The first kappa shape index (κ1) is 33.9. The first-order valence-corrected chi connectivity index (χ1v) is 20.1. The van der Waals surface area contributed by atoms with Crippen LogP contribution >= 0.6 is 0 Å². The highest BCUT2D eigenvalue weighted by molar-refractivity contribution is 6.10. The summed E-state index contributed by atoms with van der Waals surface area (Å²) in [5.74, 6) is 0. The highest BCUT2D eigenvalue weighted by atomic mass is 15.1. The second kappa shape index (κ2) is 13.4. The van der Waals surface area contributed by atoms with E-state index in [2.05, 4.69) is 229 Å². The number of fused-ring (bicyclic) bond motifs is 10. The lowest BCUT2D eigenvalue weighted by Gasteiger charge is -2.32. The number of nitrogens with zero attached hydrogens (tertiary/aromatic N) is 2. The number of aromatic nitrogens is 1. The van der Waals surface area contributed by atoms with E-state index in [0.29, 0.717) is 0 Å². The van der Waals surface area contributed by atoms with Gasteiger partial charge in [0.2, 0.25) is 0 Å². The summed E-state index contributed by atoms with van der Waals surface area (Å²) in [7, 11) is 0. The molecule has 2 aliphatic rings. The zero-order valence-corrected chi connectivity index (χ0v) is 32.3. The Morgan fingerprint density at radius 1 is 0.483 bits per heavy atom. The van der Waals surface area contributed by atoms with Gasteiger partial charge in [-0.05, 0) is 117 Å². The molecule has 274 valence electrons. The van der Waals surface area contributed by atoms with Crippen molar-refractivity contribution in [1.82, 2.24) is 4.57 Å². The van der Waals surface area contributed by atoms with Gasteiger partial charge in [0.05, 0.1) is 16.4 Å². The maximum Gasteiger partial charge on any atom is 0.0723 e. The third-order valence-corrected chi connectivity index (χ3v) is 12.3. The van der Waals surface area contributed by atoms with Crippen molar-refractivity contribution in [2.75, 3.05) is 4.90 Å². The van der Waals surface area contributed by atoms with Crippen LogP contribution in [0.2, 0.25) is 0 Å². The lowest BCUT2D eigenvalue weighted by molar-refractivity contribution is 0.792. The molecule has 1 spiro atoms. The average Bonchev–Trinajstić information content (AvgIpc) is 3.88. The molecule has 0 fully saturated rings. The van der Waals surface area contributed by atoms with E-state index in [4.69, 9.17) is 0 Å². The molecule has 0 aliphatic heterocycles. The van der Waals surface area contributed by atoms with Gasteiger partial charge in [0.1, 0.15) is 0 Å². The van der Waals surface area contributed by atoms with Gasteiger partial charge in [-0.25, -0.2) is 0 Å². The Bertz CT molecular complexity index is 3130. The predicted octanol–water partition coefficient (Wildman–Crippen LogP) is 14.8. The fourth-order valence-corrected chi connectivity index (χ4v) is 10.0. The Kier molecular flexibility index (Phi) is 7.80. The zero-order chi connectivity index (χ0) is 38.8. The van der Waals surface area contributed by atoms with Gasteiger partial charge in [-0.3, -0.25) is 0 Å². The molecule has 1 heterocycles. The van der Waals surface area contributed by atoms with E-state index in [1.165, 1.54) is 77.5 Å². The van der Waals surface area contributed by atoms with Crippen molar-refractivity contribution in [1.29, 1.82) is 0 Å². The molecule has 1 unspecified atom stereocenters. The summed E-state index contributed by atoms with van der Waals surface area (Å²) in [5.41, 5.74) is 19.0. The molecule has 2 aliphatic carbocycles. The molecule has 0 bridgehead atoms. The first-order valence-electron chi connectivity index (χ1n) is 20.1. The molecule has 0 radical (unpaired) electrons. The minimum absolute atomic E-state index is 0.478. The Morgan fingerprint density at radius 2 is 1.05 bits per heavy atom. The van der Waals surface area contributed by atoms with E-state index in [0.717, 1.165) is 22.7 Å². The molecule has 8 aromatic carbocycles. The molecule has 1 atom stereocenters. The fourth-order valence-electron chi connectivity index (χ4n) is 10.0. The Morgan fingerprint density at radius 3 is 1.81 bits per heavy atom. The van der Waals surface area contributed by atoms with Crippen molar-refractivity contribution >= 4 is 44.4 Å². The molecule has 2 nitrogen and oxygen atoms in total. The quantitative estimate of drug-likeness (QED) is 0.165. The second-order valence-electron chi connectivity index (χ2n) is 15.2. The van der Waals surface area contributed by atoms with Crippen molar-refractivity contribution in [3.8, 4) is 27.9 Å². The number of benzene rings is 8. The Balaban J connectivity index is 1.18. The second-order valence-corrected chi connectivity index (χ2v) is 15.2. The van der Waals surface area contributed by atoms with E-state index in [-0.39, 0.29) is 0 Å². The normalized spacial score (nSPS) is 16.6. The molecule has 58 heavy (non-hydrogen) atoms. The Labute approximate surface area is 339 Å². The first-order chi connectivity index (χ1) is 28.7. The molecule has 9 aromatic rings. The van der Waals surface area contributed by atoms with Crippen molar-refractivity contribution in [2.45, 2.75) is 12.3 Å². The summed E-state index contributed by atoms with van der Waals surface area (Å²) in [6.07, 6.45) is 6.44. The van der Waals surface area contributed by atoms with Crippen LogP contribution in [0.3, 0.4) is 0 Å². The van der Waals surface area contributed by atoms with Crippen molar-refractivity contribution in [3.05, 3.63) is 247 Å². The largest absolute Gasteiger partial charge is 0.310 e. The fraction of sp³-hybridized carbons (Fsp3) is 0.0357. The van der Waals surface area contributed by atoms with Gasteiger partial charge in [-0.2, -0.15) is 0 Å². The summed E-state index contributed by atoms with van der Waals surface area (Å²) in [4.78, 5) is 2.44. The van der Waals surface area contributed by atoms with Crippen molar-refractivity contribution in [2.24, 2.45) is 0 Å². The van der Waals surface area contributed by atoms with Gasteiger partial charge in [-0.15, -0.1) is 0 Å². The van der Waals surface area contributed by atoms with Crippen LogP contribution in [0, 0.1) is 0 Å². The van der Waals surface area contributed by atoms with Gasteiger partial charge in [0.25, 0.3) is 0 Å². The van der Waals surface area contributed by atoms with Crippen LogP contribution < -0.4 is 4.90 Å². The number of allylic oxidation sites excluding steroid dienone is 5. The zero-order valence-electron chi connectivity index (χ0n) is 32.3. The SMILES string of the molecule is C=C/C=C1\C(=C/C)C2(c3ccccc31)c1ccccc1-c1ccc(N(c3ccc(-c4ccccc4)cc3)c3ccc4c5ccccc5n(-c5ccccc5)c4c3)cc12. The van der Waals surface area contributed by atoms with Crippen LogP contribution in [0.25, 0.3) is 55.3 Å². The topological polar surface area (TPSA) is 8.17 Å². The maximum atomic E-state index is 4.15. The van der Waals surface area contributed by atoms with Crippen LogP contribution in [0.1, 0.15) is 29.2 Å². The van der Waals surface area contributed by atoms with Gasteiger partial charge in [0, 0.05) is 33.5 Å². The van der Waals surface area contributed by atoms with Crippen molar-refractivity contribution < 1.29 is 0 Å². The van der Waals surface area contributed by atoms with Crippen LogP contribution in [0.15, 0.2) is 225 Å². The number of rotatable bonds is 6. The van der Waals surface area contributed by atoms with Crippen LogP contribution in [0.5, 0.6) is 0 Å². The highest BCUT2D eigenvalue weighted by Gasteiger charge is 2.53. The molecular weight excluding hydrogens is 701 g/mol. The van der Waals surface area contributed by atoms with Crippen LogP contribution in [-0.2, 0) is 5.41 Å². The molecule has 0 amide bonds. The maximum absolute atomic E-state index is 4.15. The van der Waals surface area contributed by atoms with Gasteiger partial charge < -0.3 is 9.47 Å². The molecule has 0 saturated heterocycles. The molecule has 1 aromatic heterocycles. The minimum Gasteiger partial charge on any atom is -0.310 e. The van der Waals surface area contributed by atoms with Gasteiger partial charge in [0.15, 0.2) is 0 Å². The summed E-state index contributed by atoms with van der Waals surface area (Å²) in [5, 5.41) is 2.47. The summed E-state index contributed by atoms with van der Waals surface area (Å²) >= 11 is 0. The van der Waals surface area contributed by atoms with E-state index in [1.807, 2.05) is 6.08 Å². The molecular formula is C56H40N2. The van der Waals surface area contributed by atoms with E-state index in [9.17, 15) is 0 Å². The summed E-state index contributed by atoms with van der Waals surface area (Å²) in [6, 6.07) is 71.2. The number of hydrogen-bond acceptors (Lipinski definition) is 1. The monoisotopic (exact) mass is 740 g/mol. The van der Waals surface area contributed by atoms with Crippen LogP contribution in [-0.4, -0.2) is 4.57 Å². The average molecular weight is 741 g/mol.